The molecule has 142 valence electrons. The molecule has 1 saturated heterocycles. The molecule has 6 heteroatoms. The molecule has 0 saturated carbocycles. The molecule has 0 unspecified atom stereocenters. The maximum atomic E-state index is 13.2. The fraction of sp³-hybridized carbons (Fsp3) is 0.227. The van der Waals surface area contributed by atoms with Crippen LogP contribution in [0.1, 0.15) is 28.1 Å². The second kappa shape index (κ2) is 7.94. The number of para-hydroxylation sites is 1. The largest absolute Gasteiger partial charge is 0.496 e. The van der Waals surface area contributed by atoms with E-state index in [-0.39, 0.29) is 5.78 Å². The third-order valence-electron chi connectivity index (χ3n) is 4.89. The number of piperidine rings is 1. The molecule has 0 radical (unpaired) electrons. The van der Waals surface area contributed by atoms with Gasteiger partial charge in [-0.05, 0) is 35.9 Å². The number of thiophene rings is 1. The van der Waals surface area contributed by atoms with E-state index in [1.54, 1.807) is 31.6 Å². The van der Waals surface area contributed by atoms with Crippen LogP contribution in [0.4, 0.5) is 5.00 Å². The number of ketones is 2. The van der Waals surface area contributed by atoms with Crippen LogP contribution in [0.15, 0.2) is 54.9 Å². The molecule has 1 aliphatic heterocycles. The van der Waals surface area contributed by atoms with Crippen LogP contribution in [0.2, 0.25) is 0 Å². The van der Waals surface area contributed by atoms with Crippen molar-refractivity contribution in [3.8, 4) is 16.9 Å². The Hall–Kier alpha value is -2.99. The zero-order chi connectivity index (χ0) is 19.5. The van der Waals surface area contributed by atoms with Crippen LogP contribution in [0.3, 0.4) is 0 Å². The number of anilines is 1. The minimum Gasteiger partial charge on any atom is -0.496 e. The summed E-state index contributed by atoms with van der Waals surface area (Å²) in [6.45, 7) is 1.36. The number of nitrogens with zero attached hydrogens (tertiary/aromatic N) is 2. The van der Waals surface area contributed by atoms with Crippen molar-refractivity contribution < 1.29 is 14.3 Å². The average molecular weight is 392 g/mol. The highest BCUT2D eigenvalue weighted by molar-refractivity contribution is 7.18. The summed E-state index contributed by atoms with van der Waals surface area (Å²) in [4.78, 5) is 31.8. The van der Waals surface area contributed by atoms with E-state index in [2.05, 4.69) is 9.88 Å². The first-order valence-corrected chi connectivity index (χ1v) is 9.97. The highest BCUT2D eigenvalue weighted by atomic mass is 32.1. The molecule has 3 aromatic rings. The Kier molecular flexibility index (Phi) is 5.21. The standard InChI is InChI=1S/C22H20N2O3S/c1-27-19-5-3-2-4-17(19)21(26)20-14-18(15-6-10-23-11-7-15)22(28-20)24-12-8-16(25)9-13-24/h2-7,10-11,14H,8-9,12-13H2,1H3. The second-order valence-corrected chi connectivity index (χ2v) is 7.65. The monoisotopic (exact) mass is 392 g/mol. The van der Waals surface area contributed by atoms with Crippen LogP contribution in [-0.2, 0) is 4.79 Å². The molecule has 1 aliphatic rings. The Morgan fingerprint density at radius 1 is 1.11 bits per heavy atom. The number of carbonyl (C=O) groups is 2. The Balaban J connectivity index is 1.77. The summed E-state index contributed by atoms with van der Waals surface area (Å²) in [5.74, 6) is 0.803. The quantitative estimate of drug-likeness (QED) is 0.609. The minimum atomic E-state index is -0.0582. The number of hydrogen-bond donors (Lipinski definition) is 0. The summed E-state index contributed by atoms with van der Waals surface area (Å²) in [7, 11) is 1.57. The molecule has 1 fully saturated rings. The highest BCUT2D eigenvalue weighted by Gasteiger charge is 2.25. The summed E-state index contributed by atoms with van der Waals surface area (Å²) in [6, 6.07) is 13.1. The number of pyridine rings is 1. The van der Waals surface area contributed by atoms with Crippen molar-refractivity contribution >= 4 is 27.9 Å². The van der Waals surface area contributed by atoms with Gasteiger partial charge in [-0.15, -0.1) is 11.3 Å². The number of ether oxygens (including phenoxy) is 1. The SMILES string of the molecule is COc1ccccc1C(=O)c1cc(-c2ccncc2)c(N2CCC(=O)CC2)s1. The third-order valence-corrected chi connectivity index (χ3v) is 6.08. The fourth-order valence-electron chi connectivity index (χ4n) is 3.39. The van der Waals surface area contributed by atoms with E-state index >= 15 is 0 Å². The van der Waals surface area contributed by atoms with Gasteiger partial charge in [-0.1, -0.05) is 12.1 Å². The second-order valence-electron chi connectivity index (χ2n) is 6.62. The Labute approximate surface area is 167 Å². The molecule has 0 atom stereocenters. The predicted molar refractivity (Wildman–Crippen MR) is 110 cm³/mol. The van der Waals surface area contributed by atoms with Gasteiger partial charge in [0.1, 0.15) is 11.5 Å². The van der Waals surface area contributed by atoms with Crippen molar-refractivity contribution in [1.82, 2.24) is 4.98 Å². The van der Waals surface area contributed by atoms with Gasteiger partial charge in [-0.2, -0.15) is 0 Å². The molecule has 0 amide bonds. The maximum absolute atomic E-state index is 13.2. The van der Waals surface area contributed by atoms with Crippen molar-refractivity contribution in [3.63, 3.8) is 0 Å². The molecule has 0 N–H and O–H groups in total. The smallest absolute Gasteiger partial charge is 0.206 e. The lowest BCUT2D eigenvalue weighted by molar-refractivity contribution is -0.119. The summed E-state index contributed by atoms with van der Waals surface area (Å²) in [5, 5.41) is 1.02. The van der Waals surface area contributed by atoms with E-state index in [1.165, 1.54) is 11.3 Å². The number of benzene rings is 1. The Bertz CT molecular complexity index is 1000. The molecule has 28 heavy (non-hydrogen) atoms. The van der Waals surface area contributed by atoms with Gasteiger partial charge in [-0.25, -0.2) is 0 Å². The molecular formula is C22H20N2O3S. The zero-order valence-electron chi connectivity index (χ0n) is 15.6. The molecule has 3 heterocycles. The molecule has 5 nitrogen and oxygen atoms in total. The average Bonchev–Trinajstić information content (AvgIpc) is 3.20. The minimum absolute atomic E-state index is 0.0582. The maximum Gasteiger partial charge on any atom is 0.206 e. The van der Waals surface area contributed by atoms with Gasteiger partial charge in [0.2, 0.25) is 5.78 Å². The summed E-state index contributed by atoms with van der Waals surface area (Å²) in [5.41, 5.74) is 2.56. The lowest BCUT2D eigenvalue weighted by Crippen LogP contribution is -2.33. The van der Waals surface area contributed by atoms with Gasteiger partial charge in [-0.3, -0.25) is 14.6 Å². The van der Waals surface area contributed by atoms with Crippen molar-refractivity contribution in [3.05, 3.63) is 65.3 Å². The van der Waals surface area contributed by atoms with Crippen molar-refractivity contribution in [2.45, 2.75) is 12.8 Å². The molecular weight excluding hydrogens is 372 g/mol. The van der Waals surface area contributed by atoms with Gasteiger partial charge in [0, 0.05) is 43.9 Å². The normalized spacial score (nSPS) is 14.2. The van der Waals surface area contributed by atoms with E-state index < -0.39 is 0 Å². The van der Waals surface area contributed by atoms with E-state index in [0.717, 1.165) is 16.1 Å². The Morgan fingerprint density at radius 2 is 1.82 bits per heavy atom. The first-order chi connectivity index (χ1) is 13.7. The number of methoxy groups -OCH3 is 1. The van der Waals surface area contributed by atoms with Crippen molar-refractivity contribution in [2.75, 3.05) is 25.1 Å². The van der Waals surface area contributed by atoms with Crippen LogP contribution in [0.5, 0.6) is 5.75 Å². The highest BCUT2D eigenvalue weighted by Crippen LogP contribution is 2.41. The first kappa shape index (κ1) is 18.4. The number of aromatic nitrogens is 1. The predicted octanol–water partition coefficient (Wildman–Crippen LogP) is 4.22. The van der Waals surface area contributed by atoms with Crippen molar-refractivity contribution in [2.24, 2.45) is 0 Å². The van der Waals surface area contributed by atoms with Crippen molar-refractivity contribution in [1.29, 1.82) is 0 Å². The molecule has 0 bridgehead atoms. The van der Waals surface area contributed by atoms with Gasteiger partial charge in [0.25, 0.3) is 0 Å². The lowest BCUT2D eigenvalue weighted by atomic mass is 10.0. The van der Waals surface area contributed by atoms with Crippen LogP contribution in [0, 0.1) is 0 Å². The van der Waals surface area contributed by atoms with E-state index in [0.29, 0.717) is 47.9 Å². The zero-order valence-corrected chi connectivity index (χ0v) is 16.4. The van der Waals surface area contributed by atoms with Crippen LogP contribution in [0.25, 0.3) is 11.1 Å². The van der Waals surface area contributed by atoms with Crippen LogP contribution < -0.4 is 9.64 Å². The van der Waals surface area contributed by atoms with Crippen LogP contribution >= 0.6 is 11.3 Å². The number of carbonyl (C=O) groups excluding carboxylic acids is 2. The summed E-state index contributed by atoms with van der Waals surface area (Å²) < 4.78 is 5.37. The molecule has 2 aromatic heterocycles. The van der Waals surface area contributed by atoms with Crippen LogP contribution in [-0.4, -0.2) is 36.7 Å². The molecule has 0 spiro atoms. The molecule has 4 rings (SSSR count). The van der Waals surface area contributed by atoms with Gasteiger partial charge in [0.05, 0.1) is 22.6 Å². The topological polar surface area (TPSA) is 59.5 Å². The van der Waals surface area contributed by atoms with E-state index in [9.17, 15) is 9.59 Å². The van der Waals surface area contributed by atoms with Gasteiger partial charge < -0.3 is 9.64 Å². The summed E-state index contributed by atoms with van der Waals surface area (Å²) >= 11 is 1.47. The number of hydrogen-bond acceptors (Lipinski definition) is 6. The molecule has 0 aliphatic carbocycles. The van der Waals surface area contributed by atoms with E-state index in [1.807, 2.05) is 30.3 Å². The first-order valence-electron chi connectivity index (χ1n) is 9.16. The summed E-state index contributed by atoms with van der Waals surface area (Å²) in [6.07, 6.45) is 4.59. The Morgan fingerprint density at radius 3 is 2.54 bits per heavy atom. The lowest BCUT2D eigenvalue weighted by Gasteiger charge is -2.27. The van der Waals surface area contributed by atoms with E-state index in [4.69, 9.17) is 4.74 Å². The fourth-order valence-corrected chi connectivity index (χ4v) is 4.58. The van der Waals surface area contributed by atoms with Gasteiger partial charge >= 0.3 is 0 Å². The number of Topliss-reactive ketones (excluding diaryl/α,β-unsaturated/α-hetero) is 1. The molecule has 1 aromatic carbocycles. The van der Waals surface area contributed by atoms with Gasteiger partial charge in [0.15, 0.2) is 0 Å². The third kappa shape index (κ3) is 3.55. The number of rotatable bonds is 5.